The van der Waals surface area contributed by atoms with Crippen molar-refractivity contribution >= 4 is 29.4 Å². The van der Waals surface area contributed by atoms with E-state index < -0.39 is 34.7 Å². The van der Waals surface area contributed by atoms with Crippen molar-refractivity contribution in [1.82, 2.24) is 5.32 Å². The number of hydrogen-bond acceptors (Lipinski definition) is 5. The van der Waals surface area contributed by atoms with E-state index in [0.717, 1.165) is 18.2 Å². The van der Waals surface area contributed by atoms with Crippen molar-refractivity contribution in [1.29, 1.82) is 0 Å². The predicted octanol–water partition coefficient (Wildman–Crippen LogP) is 3.46. The van der Waals surface area contributed by atoms with Gasteiger partial charge in [0.1, 0.15) is 5.82 Å². The van der Waals surface area contributed by atoms with Gasteiger partial charge < -0.3 is 14.8 Å². The summed E-state index contributed by atoms with van der Waals surface area (Å²) in [6.45, 7) is 2.04. The number of amides is 1. The average molecular weight is 387 g/mol. The molecule has 1 amide bonds. The van der Waals surface area contributed by atoms with Crippen LogP contribution < -0.4 is 10.6 Å². The maximum atomic E-state index is 13.7. The molecule has 0 saturated heterocycles. The summed E-state index contributed by atoms with van der Waals surface area (Å²) in [6.07, 6.45) is -6.83. The Labute approximate surface area is 145 Å². The summed E-state index contributed by atoms with van der Waals surface area (Å²) in [5.41, 5.74) is -4.04. The number of rotatable bonds is 6. The van der Waals surface area contributed by atoms with Crippen LogP contribution in [0.4, 0.5) is 28.0 Å². The molecule has 6 nitrogen and oxygen atoms in total. The van der Waals surface area contributed by atoms with Crippen molar-refractivity contribution in [3.63, 3.8) is 0 Å². The molecule has 0 aromatic heterocycles. The van der Waals surface area contributed by atoms with E-state index in [1.165, 1.54) is 19.2 Å². The zero-order chi connectivity index (χ0) is 19.3. The van der Waals surface area contributed by atoms with Crippen molar-refractivity contribution in [3.05, 3.63) is 29.0 Å². The van der Waals surface area contributed by atoms with Crippen LogP contribution in [0, 0.1) is 5.82 Å². The van der Waals surface area contributed by atoms with E-state index in [4.69, 9.17) is 11.6 Å². The maximum absolute atomic E-state index is 13.7. The fourth-order valence-electron chi connectivity index (χ4n) is 1.74. The van der Waals surface area contributed by atoms with Crippen LogP contribution in [0.15, 0.2) is 18.2 Å². The largest absolute Gasteiger partial charge is 0.463 e. The number of alkyl halides is 3. The van der Waals surface area contributed by atoms with Crippen molar-refractivity contribution in [2.45, 2.75) is 25.7 Å². The molecule has 25 heavy (non-hydrogen) atoms. The smallest absolute Gasteiger partial charge is 0.442 e. The van der Waals surface area contributed by atoms with Gasteiger partial charge in [-0.15, -0.1) is 0 Å². The highest BCUT2D eigenvalue weighted by Crippen LogP contribution is 2.34. The predicted molar refractivity (Wildman–Crippen MR) is 80.6 cm³/mol. The Morgan fingerprint density at radius 1 is 1.16 bits per heavy atom. The number of benzene rings is 1. The molecule has 1 rings (SSSR count). The Hall–Kier alpha value is -2.23. The molecular weight excluding hydrogens is 372 g/mol. The molecule has 2 N–H and O–H groups in total. The summed E-state index contributed by atoms with van der Waals surface area (Å²) in [7, 11) is 0. The Morgan fingerprint density at radius 3 is 2.24 bits per heavy atom. The van der Waals surface area contributed by atoms with Crippen molar-refractivity contribution in [2.75, 3.05) is 18.5 Å². The first-order chi connectivity index (χ1) is 11.6. The van der Waals surface area contributed by atoms with Gasteiger partial charge in [-0.25, -0.2) is 14.0 Å². The molecule has 0 saturated carbocycles. The number of hydrogen-bond donors (Lipinski definition) is 2. The molecule has 0 aliphatic carbocycles. The van der Waals surface area contributed by atoms with Crippen molar-refractivity contribution in [3.8, 4) is 0 Å². The molecule has 0 radical (unpaired) electrons. The van der Waals surface area contributed by atoms with Crippen LogP contribution in [0.2, 0.25) is 5.02 Å². The minimum absolute atomic E-state index is 0.231. The van der Waals surface area contributed by atoms with Gasteiger partial charge in [-0.05, 0) is 32.0 Å². The van der Waals surface area contributed by atoms with E-state index in [1.807, 2.05) is 5.32 Å². The molecule has 0 bridgehead atoms. The Bertz CT molecular complexity index is 642. The van der Waals surface area contributed by atoms with Crippen LogP contribution in [0.1, 0.15) is 13.8 Å². The number of carbonyl (C=O) groups is 2. The second-order valence-corrected chi connectivity index (χ2v) is 4.97. The van der Waals surface area contributed by atoms with E-state index in [0.29, 0.717) is 0 Å². The van der Waals surface area contributed by atoms with E-state index in [2.05, 4.69) is 9.47 Å². The standard InChI is InChI=1S/C14H15ClF4N2O4/c1-3-24-11(22)13(14(17,18)19,21-12(23)25-4-2)20-8-5-6-10(16)9(15)7-8/h5-7,20H,3-4H2,1-2H3,(H,21,23). The normalized spacial score (nSPS) is 13.6. The number of halogens is 5. The topological polar surface area (TPSA) is 76.7 Å². The first-order valence-electron chi connectivity index (χ1n) is 6.99. The second-order valence-electron chi connectivity index (χ2n) is 4.57. The van der Waals surface area contributed by atoms with Gasteiger partial charge in [0.05, 0.1) is 18.2 Å². The van der Waals surface area contributed by atoms with Crippen LogP contribution in [-0.2, 0) is 14.3 Å². The Morgan fingerprint density at radius 2 is 1.76 bits per heavy atom. The number of alkyl carbamates (subject to hydrolysis) is 1. The lowest BCUT2D eigenvalue weighted by Gasteiger charge is -2.34. The summed E-state index contributed by atoms with van der Waals surface area (Å²) in [5.74, 6) is -2.70. The highest BCUT2D eigenvalue weighted by molar-refractivity contribution is 6.31. The van der Waals surface area contributed by atoms with E-state index in [-0.39, 0.29) is 18.9 Å². The van der Waals surface area contributed by atoms with Gasteiger partial charge in [0, 0.05) is 5.69 Å². The van der Waals surface area contributed by atoms with Gasteiger partial charge in [0.25, 0.3) is 0 Å². The number of nitrogens with one attached hydrogen (secondary N) is 2. The van der Waals surface area contributed by atoms with Gasteiger partial charge in [0.15, 0.2) is 0 Å². The van der Waals surface area contributed by atoms with Crippen LogP contribution in [0.3, 0.4) is 0 Å². The third-order valence-electron chi connectivity index (χ3n) is 2.82. The Kier molecular flexibility index (Phi) is 6.86. The number of anilines is 1. The van der Waals surface area contributed by atoms with Crippen LogP contribution in [0.25, 0.3) is 0 Å². The zero-order valence-corrected chi connectivity index (χ0v) is 13.9. The number of ether oxygens (including phenoxy) is 2. The van der Waals surface area contributed by atoms with Gasteiger partial charge in [0.2, 0.25) is 0 Å². The zero-order valence-electron chi connectivity index (χ0n) is 13.2. The van der Waals surface area contributed by atoms with Gasteiger partial charge >= 0.3 is 23.9 Å². The molecule has 0 aliphatic heterocycles. The minimum Gasteiger partial charge on any atom is -0.463 e. The van der Waals surface area contributed by atoms with Crippen LogP contribution in [0.5, 0.6) is 0 Å². The highest BCUT2D eigenvalue weighted by Gasteiger charge is 2.64. The lowest BCUT2D eigenvalue weighted by Crippen LogP contribution is -2.69. The summed E-state index contributed by atoms with van der Waals surface area (Å²) >= 11 is 5.53. The van der Waals surface area contributed by atoms with Crippen LogP contribution in [-0.4, -0.2) is 37.1 Å². The molecule has 11 heteroatoms. The summed E-state index contributed by atoms with van der Waals surface area (Å²) in [5, 5.41) is 2.76. The maximum Gasteiger partial charge on any atom is 0.442 e. The lowest BCUT2D eigenvalue weighted by molar-refractivity contribution is -0.205. The molecule has 0 spiro atoms. The molecule has 1 aromatic rings. The third-order valence-corrected chi connectivity index (χ3v) is 3.11. The Balaban J connectivity index is 3.37. The van der Waals surface area contributed by atoms with E-state index in [1.54, 1.807) is 0 Å². The van der Waals surface area contributed by atoms with Crippen molar-refractivity contribution in [2.24, 2.45) is 0 Å². The molecule has 0 fully saturated rings. The quantitative estimate of drug-likeness (QED) is 0.445. The lowest BCUT2D eigenvalue weighted by atomic mass is 10.1. The second kappa shape index (κ2) is 8.24. The summed E-state index contributed by atoms with van der Waals surface area (Å²) in [6, 6.07) is 2.53. The highest BCUT2D eigenvalue weighted by atomic mass is 35.5. The monoisotopic (exact) mass is 386 g/mol. The van der Waals surface area contributed by atoms with Crippen molar-refractivity contribution < 1.29 is 36.6 Å². The third kappa shape index (κ3) is 4.88. The number of esters is 1. The van der Waals surface area contributed by atoms with Crippen LogP contribution >= 0.6 is 11.6 Å². The number of carbonyl (C=O) groups excluding carboxylic acids is 2. The minimum atomic E-state index is -5.33. The summed E-state index contributed by atoms with van der Waals surface area (Å²) < 4.78 is 63.1. The first-order valence-corrected chi connectivity index (χ1v) is 7.37. The first kappa shape index (κ1) is 20.8. The van der Waals surface area contributed by atoms with Gasteiger partial charge in [-0.1, -0.05) is 11.6 Å². The van der Waals surface area contributed by atoms with Gasteiger partial charge in [-0.2, -0.15) is 13.2 Å². The summed E-state index contributed by atoms with van der Waals surface area (Å²) in [4.78, 5) is 23.6. The molecule has 1 aromatic carbocycles. The molecule has 1 atom stereocenters. The fraction of sp³-hybridized carbons (Fsp3) is 0.429. The molecular formula is C14H15ClF4N2O4. The molecule has 0 aliphatic rings. The fourth-order valence-corrected chi connectivity index (χ4v) is 1.92. The molecule has 140 valence electrons. The molecule has 1 unspecified atom stereocenters. The van der Waals surface area contributed by atoms with E-state index >= 15 is 0 Å². The van der Waals surface area contributed by atoms with E-state index in [9.17, 15) is 27.2 Å². The molecule has 0 heterocycles. The SMILES string of the molecule is CCOC(=O)NC(Nc1ccc(F)c(Cl)c1)(C(=O)OCC)C(F)(F)F. The average Bonchev–Trinajstić information content (AvgIpc) is 2.49. The van der Waals surface area contributed by atoms with Gasteiger partial charge in [-0.3, -0.25) is 5.32 Å².